The summed E-state index contributed by atoms with van der Waals surface area (Å²) in [6, 6.07) is 0.541. The van der Waals surface area contributed by atoms with Crippen molar-refractivity contribution in [1.82, 2.24) is 4.90 Å². The van der Waals surface area contributed by atoms with Gasteiger partial charge >= 0.3 is 6.18 Å². The Morgan fingerprint density at radius 3 is 2.69 bits per heavy atom. The summed E-state index contributed by atoms with van der Waals surface area (Å²) in [7, 11) is 0. The van der Waals surface area contributed by atoms with Crippen LogP contribution in [0.25, 0.3) is 0 Å². The summed E-state index contributed by atoms with van der Waals surface area (Å²) in [4.78, 5) is 12.3. The summed E-state index contributed by atoms with van der Waals surface area (Å²) in [5.74, 6) is -2.69. The van der Waals surface area contributed by atoms with Crippen LogP contribution in [-0.4, -0.2) is 36.1 Å². The summed E-state index contributed by atoms with van der Waals surface area (Å²) in [5.41, 5.74) is 5.07. The minimum absolute atomic E-state index is 0.377. The number of amides is 1. The van der Waals surface area contributed by atoms with E-state index in [0.29, 0.717) is 19.4 Å². The molecule has 0 saturated carbocycles. The molecule has 0 aliphatic carbocycles. The van der Waals surface area contributed by atoms with Crippen LogP contribution in [0.3, 0.4) is 0 Å². The summed E-state index contributed by atoms with van der Waals surface area (Å²) in [5, 5.41) is 8.43. The molecule has 1 saturated heterocycles. The van der Waals surface area contributed by atoms with Crippen molar-refractivity contribution in [2.75, 3.05) is 13.1 Å². The Kier molecular flexibility index (Phi) is 3.75. The second kappa shape index (κ2) is 4.70. The van der Waals surface area contributed by atoms with Crippen LogP contribution >= 0.6 is 0 Å². The number of primary amides is 1. The third-order valence-electron chi connectivity index (χ3n) is 2.66. The average molecular weight is 235 g/mol. The molecule has 0 aromatic heterocycles. The van der Waals surface area contributed by atoms with Crippen LogP contribution < -0.4 is 5.73 Å². The van der Waals surface area contributed by atoms with Crippen molar-refractivity contribution in [3.05, 3.63) is 0 Å². The Balaban J connectivity index is 2.66. The van der Waals surface area contributed by atoms with Gasteiger partial charge in [0.1, 0.15) is 0 Å². The van der Waals surface area contributed by atoms with Gasteiger partial charge in [0.25, 0.3) is 0 Å². The summed E-state index contributed by atoms with van der Waals surface area (Å²) >= 11 is 0. The Morgan fingerprint density at radius 1 is 1.62 bits per heavy atom. The molecule has 16 heavy (non-hydrogen) atoms. The monoisotopic (exact) mass is 235 g/mol. The highest BCUT2D eigenvalue weighted by atomic mass is 19.4. The molecular formula is C9H12F3N3O. The number of likely N-dealkylation sites (tertiary alicyclic amines) is 1. The van der Waals surface area contributed by atoms with Gasteiger partial charge in [0.15, 0.2) is 5.92 Å². The number of nitriles is 1. The molecule has 1 fully saturated rings. The van der Waals surface area contributed by atoms with Gasteiger partial charge in [-0.25, -0.2) is 0 Å². The van der Waals surface area contributed by atoms with E-state index in [4.69, 9.17) is 11.0 Å². The number of rotatable bonds is 3. The van der Waals surface area contributed by atoms with E-state index in [1.807, 2.05) is 0 Å². The molecule has 1 amide bonds. The third kappa shape index (κ3) is 2.85. The molecule has 0 radical (unpaired) electrons. The van der Waals surface area contributed by atoms with E-state index in [1.54, 1.807) is 0 Å². The number of hydrogen-bond acceptors (Lipinski definition) is 3. The molecular weight excluding hydrogens is 223 g/mol. The van der Waals surface area contributed by atoms with Gasteiger partial charge in [0.05, 0.1) is 12.1 Å². The van der Waals surface area contributed by atoms with Crippen molar-refractivity contribution in [3.63, 3.8) is 0 Å². The smallest absolute Gasteiger partial charge is 0.368 e. The van der Waals surface area contributed by atoms with Crippen molar-refractivity contribution >= 4 is 5.91 Å². The molecule has 1 heterocycles. The van der Waals surface area contributed by atoms with Crippen molar-refractivity contribution < 1.29 is 18.0 Å². The van der Waals surface area contributed by atoms with Crippen molar-refractivity contribution in [2.45, 2.75) is 25.1 Å². The zero-order valence-corrected chi connectivity index (χ0v) is 8.50. The quantitative estimate of drug-likeness (QED) is 0.780. The van der Waals surface area contributed by atoms with Gasteiger partial charge in [-0.1, -0.05) is 0 Å². The van der Waals surface area contributed by atoms with Crippen LogP contribution in [-0.2, 0) is 4.79 Å². The number of alkyl halides is 3. The molecule has 0 bridgehead atoms. The lowest BCUT2D eigenvalue weighted by molar-refractivity contribution is -0.164. The van der Waals surface area contributed by atoms with Crippen LogP contribution in [0.5, 0.6) is 0 Å². The Morgan fingerprint density at radius 2 is 2.25 bits per heavy atom. The third-order valence-corrected chi connectivity index (χ3v) is 2.66. The average Bonchev–Trinajstić information content (AvgIpc) is 2.59. The zero-order chi connectivity index (χ0) is 12.3. The summed E-state index contributed by atoms with van der Waals surface area (Å²) < 4.78 is 37.0. The van der Waals surface area contributed by atoms with E-state index in [2.05, 4.69) is 0 Å². The Labute approximate surface area is 90.8 Å². The number of halogens is 3. The SMILES string of the molecule is N#CC(CN1CCCC1C(N)=O)C(F)(F)F. The minimum Gasteiger partial charge on any atom is -0.368 e. The lowest BCUT2D eigenvalue weighted by Gasteiger charge is -2.25. The molecule has 0 aromatic rings. The first-order chi connectivity index (χ1) is 7.36. The highest BCUT2D eigenvalue weighted by Gasteiger charge is 2.43. The van der Waals surface area contributed by atoms with Crippen LogP contribution in [0.1, 0.15) is 12.8 Å². The Bertz CT molecular complexity index is 310. The number of nitrogens with two attached hydrogens (primary N) is 1. The van der Waals surface area contributed by atoms with Gasteiger partial charge in [0.2, 0.25) is 5.91 Å². The van der Waals surface area contributed by atoms with Crippen LogP contribution in [0, 0.1) is 17.2 Å². The van der Waals surface area contributed by atoms with Gasteiger partial charge in [-0.3, -0.25) is 9.69 Å². The molecule has 1 aliphatic heterocycles. The maximum Gasteiger partial charge on any atom is 0.405 e. The van der Waals surface area contributed by atoms with E-state index in [-0.39, 0.29) is 0 Å². The summed E-state index contributed by atoms with van der Waals surface area (Å²) in [6.07, 6.45) is -3.46. The number of hydrogen-bond donors (Lipinski definition) is 1. The molecule has 7 heteroatoms. The van der Waals surface area contributed by atoms with Gasteiger partial charge in [-0.15, -0.1) is 0 Å². The largest absolute Gasteiger partial charge is 0.405 e. The molecule has 0 aromatic carbocycles. The molecule has 2 N–H and O–H groups in total. The van der Waals surface area contributed by atoms with Crippen molar-refractivity contribution in [1.29, 1.82) is 5.26 Å². The number of carbonyl (C=O) groups excluding carboxylic acids is 1. The van der Waals surface area contributed by atoms with Gasteiger partial charge < -0.3 is 5.73 Å². The number of nitrogens with zero attached hydrogens (tertiary/aromatic N) is 2. The van der Waals surface area contributed by atoms with Gasteiger partial charge in [-0.05, 0) is 19.4 Å². The Hall–Kier alpha value is -1.29. The predicted octanol–water partition coefficient (Wildman–Crippen LogP) is 0.638. The topological polar surface area (TPSA) is 70.1 Å². The molecule has 4 nitrogen and oxygen atoms in total. The summed E-state index contributed by atoms with van der Waals surface area (Å²) in [6.45, 7) is -0.102. The lowest BCUT2D eigenvalue weighted by atomic mass is 10.1. The highest BCUT2D eigenvalue weighted by molar-refractivity contribution is 5.80. The first-order valence-electron chi connectivity index (χ1n) is 4.86. The van der Waals surface area contributed by atoms with E-state index in [0.717, 1.165) is 0 Å². The van der Waals surface area contributed by atoms with Crippen molar-refractivity contribution in [3.8, 4) is 6.07 Å². The van der Waals surface area contributed by atoms with Crippen LogP contribution in [0.4, 0.5) is 13.2 Å². The fourth-order valence-electron chi connectivity index (χ4n) is 1.82. The van der Waals surface area contributed by atoms with Gasteiger partial charge in [-0.2, -0.15) is 18.4 Å². The predicted molar refractivity (Wildman–Crippen MR) is 48.9 cm³/mol. The molecule has 2 atom stereocenters. The highest BCUT2D eigenvalue weighted by Crippen LogP contribution is 2.28. The first-order valence-corrected chi connectivity index (χ1v) is 4.86. The van der Waals surface area contributed by atoms with Crippen LogP contribution in [0.15, 0.2) is 0 Å². The second-order valence-electron chi connectivity index (χ2n) is 3.78. The van der Waals surface area contributed by atoms with E-state index < -0.39 is 30.6 Å². The molecule has 0 spiro atoms. The lowest BCUT2D eigenvalue weighted by Crippen LogP contribution is -2.44. The fraction of sp³-hybridized carbons (Fsp3) is 0.778. The number of carbonyl (C=O) groups is 1. The second-order valence-corrected chi connectivity index (χ2v) is 3.78. The van der Waals surface area contributed by atoms with E-state index >= 15 is 0 Å². The minimum atomic E-state index is -4.56. The zero-order valence-electron chi connectivity index (χ0n) is 8.50. The first kappa shape index (κ1) is 12.8. The molecule has 90 valence electrons. The van der Waals surface area contributed by atoms with E-state index in [9.17, 15) is 18.0 Å². The van der Waals surface area contributed by atoms with Gasteiger partial charge in [0, 0.05) is 6.54 Å². The molecule has 1 rings (SSSR count). The molecule has 2 unspecified atom stereocenters. The molecule has 1 aliphatic rings. The normalized spacial score (nSPS) is 24.0. The van der Waals surface area contributed by atoms with Crippen molar-refractivity contribution in [2.24, 2.45) is 11.7 Å². The van der Waals surface area contributed by atoms with Crippen LogP contribution in [0.2, 0.25) is 0 Å². The maximum absolute atomic E-state index is 12.3. The van der Waals surface area contributed by atoms with E-state index in [1.165, 1.54) is 11.0 Å². The fourth-order valence-corrected chi connectivity index (χ4v) is 1.82. The standard InChI is InChI=1S/C9H12F3N3O/c10-9(11,12)6(4-13)5-15-3-1-2-7(15)8(14)16/h6-7H,1-3,5H2,(H2,14,16). The maximum atomic E-state index is 12.3.